The number of esters is 1. The molecule has 1 amide bonds. The smallest absolute Gasteiger partial charge is 0.339 e. The summed E-state index contributed by atoms with van der Waals surface area (Å²) in [6.45, 7) is 5.70. The molecule has 3 aromatic carbocycles. The van der Waals surface area contributed by atoms with Gasteiger partial charge < -0.3 is 14.8 Å². The first-order chi connectivity index (χ1) is 15.8. The van der Waals surface area contributed by atoms with Crippen molar-refractivity contribution >= 4 is 23.3 Å². The number of hydrogen-bond acceptors (Lipinski definition) is 6. The van der Waals surface area contributed by atoms with Crippen LogP contribution in [0.2, 0.25) is 0 Å². The molecule has 8 nitrogen and oxygen atoms in total. The summed E-state index contributed by atoms with van der Waals surface area (Å²) in [6, 6.07) is 18.0. The van der Waals surface area contributed by atoms with Crippen LogP contribution in [0.3, 0.4) is 0 Å². The van der Waals surface area contributed by atoms with E-state index >= 15 is 0 Å². The molecule has 33 heavy (non-hydrogen) atoms. The lowest BCUT2D eigenvalue weighted by molar-refractivity contribution is -0.385. The summed E-state index contributed by atoms with van der Waals surface area (Å²) in [5.41, 5.74) is 2.47. The summed E-state index contributed by atoms with van der Waals surface area (Å²) in [5.74, 6) is -1.36. The molecule has 0 aliphatic rings. The molecule has 0 radical (unpaired) electrons. The van der Waals surface area contributed by atoms with Crippen molar-refractivity contribution in [1.29, 1.82) is 0 Å². The first-order valence-electron chi connectivity index (χ1n) is 10.4. The van der Waals surface area contributed by atoms with Gasteiger partial charge in [0.25, 0.3) is 5.91 Å². The van der Waals surface area contributed by atoms with Crippen LogP contribution in [0.25, 0.3) is 0 Å². The number of nitrogens with zero attached hydrogens (tertiary/aromatic N) is 1. The molecule has 0 saturated carbocycles. The van der Waals surface area contributed by atoms with Crippen molar-refractivity contribution in [2.75, 3.05) is 11.9 Å². The number of nitro groups is 1. The molecular formula is C25H24N2O6. The Morgan fingerprint density at radius 3 is 2.42 bits per heavy atom. The van der Waals surface area contributed by atoms with E-state index in [0.717, 1.165) is 17.2 Å². The van der Waals surface area contributed by atoms with Gasteiger partial charge in [-0.2, -0.15) is 0 Å². The maximum Gasteiger partial charge on any atom is 0.339 e. The van der Waals surface area contributed by atoms with Crippen molar-refractivity contribution in [1.82, 2.24) is 0 Å². The zero-order valence-electron chi connectivity index (χ0n) is 18.5. The quantitative estimate of drug-likeness (QED) is 0.290. The largest absolute Gasteiger partial charge is 0.487 e. The van der Waals surface area contributed by atoms with E-state index in [1.165, 1.54) is 12.1 Å². The highest BCUT2D eigenvalue weighted by Crippen LogP contribution is 2.30. The van der Waals surface area contributed by atoms with Gasteiger partial charge in [-0.1, -0.05) is 42.5 Å². The number of aryl methyl sites for hydroxylation is 2. The fraction of sp³-hybridized carbons (Fsp3) is 0.200. The Labute approximate surface area is 191 Å². The molecule has 0 aliphatic heterocycles. The zero-order valence-corrected chi connectivity index (χ0v) is 18.5. The highest BCUT2D eigenvalue weighted by Gasteiger charge is 2.27. The number of carbonyl (C=O) groups excluding carboxylic acids is 2. The predicted octanol–water partition coefficient (Wildman–Crippen LogP) is 5.15. The van der Waals surface area contributed by atoms with Gasteiger partial charge >= 0.3 is 11.7 Å². The molecule has 3 aromatic rings. The number of carbonyl (C=O) groups is 2. The first kappa shape index (κ1) is 23.5. The molecule has 8 heteroatoms. The second-order valence-electron chi connectivity index (χ2n) is 7.38. The van der Waals surface area contributed by atoms with Crippen LogP contribution in [0, 0.1) is 24.0 Å². The van der Waals surface area contributed by atoms with Gasteiger partial charge in [-0.3, -0.25) is 14.9 Å². The van der Waals surface area contributed by atoms with Gasteiger partial charge in [-0.05, 0) is 50.1 Å². The number of hydrogen-bond donors (Lipinski definition) is 1. The van der Waals surface area contributed by atoms with Crippen LogP contribution in [-0.2, 0) is 9.53 Å². The Balaban J connectivity index is 1.90. The summed E-state index contributed by atoms with van der Waals surface area (Å²) >= 11 is 0. The molecule has 3 rings (SSSR count). The third kappa shape index (κ3) is 5.74. The van der Waals surface area contributed by atoms with E-state index in [1.54, 1.807) is 37.3 Å². The van der Waals surface area contributed by atoms with Gasteiger partial charge in [0.2, 0.25) is 6.10 Å². The highest BCUT2D eigenvalue weighted by molar-refractivity contribution is 5.98. The van der Waals surface area contributed by atoms with Gasteiger partial charge in [-0.25, -0.2) is 4.79 Å². The van der Waals surface area contributed by atoms with Crippen LogP contribution in [0.4, 0.5) is 11.4 Å². The average molecular weight is 448 g/mol. The number of nitrogens with one attached hydrogen (secondary N) is 1. The minimum Gasteiger partial charge on any atom is -0.487 e. The van der Waals surface area contributed by atoms with Crippen molar-refractivity contribution in [3.8, 4) is 5.75 Å². The molecule has 170 valence electrons. The number of nitro benzene ring substituents is 1. The van der Waals surface area contributed by atoms with Crippen LogP contribution in [0.15, 0.2) is 66.7 Å². The number of rotatable bonds is 8. The zero-order chi connectivity index (χ0) is 24.0. The Hall–Kier alpha value is -4.20. The molecule has 0 spiro atoms. The summed E-state index contributed by atoms with van der Waals surface area (Å²) in [6.07, 6.45) is -1.26. The lowest BCUT2D eigenvalue weighted by atomic mass is 10.1. The molecule has 1 atom stereocenters. The van der Waals surface area contributed by atoms with Gasteiger partial charge in [0, 0.05) is 17.3 Å². The second kappa shape index (κ2) is 10.4. The van der Waals surface area contributed by atoms with E-state index in [0.29, 0.717) is 11.3 Å². The van der Waals surface area contributed by atoms with Crippen LogP contribution in [-0.4, -0.2) is 23.4 Å². The van der Waals surface area contributed by atoms with Crippen LogP contribution >= 0.6 is 0 Å². The topological polar surface area (TPSA) is 108 Å². The summed E-state index contributed by atoms with van der Waals surface area (Å²) in [7, 11) is 0. The minimum absolute atomic E-state index is 0.0475. The standard InChI is InChI=1S/C25H24N2O6/c1-4-32-22-13-12-19(15-21(22)27(30)31)25(29)33-23(18-8-6-5-7-9-18)24(28)26-20-14-16(2)10-11-17(20)3/h5-15,23H,4H2,1-3H3,(H,26,28). The SMILES string of the molecule is CCOc1ccc(C(=O)OC(C(=O)Nc2cc(C)ccc2C)c2ccccc2)cc1[N+](=O)[O-]. The third-order valence-corrected chi connectivity index (χ3v) is 4.91. The van der Waals surface area contributed by atoms with E-state index in [-0.39, 0.29) is 23.6 Å². The molecule has 0 saturated heterocycles. The van der Waals surface area contributed by atoms with Gasteiger partial charge in [-0.15, -0.1) is 0 Å². The fourth-order valence-corrected chi connectivity index (χ4v) is 3.21. The third-order valence-electron chi connectivity index (χ3n) is 4.91. The molecule has 0 fully saturated rings. The monoisotopic (exact) mass is 448 g/mol. The van der Waals surface area contributed by atoms with Crippen LogP contribution < -0.4 is 10.1 Å². The van der Waals surface area contributed by atoms with E-state index in [2.05, 4.69) is 5.32 Å². The second-order valence-corrected chi connectivity index (χ2v) is 7.38. The van der Waals surface area contributed by atoms with Crippen LogP contribution in [0.1, 0.15) is 40.1 Å². The van der Waals surface area contributed by atoms with Crippen molar-refractivity contribution in [2.45, 2.75) is 26.9 Å². The molecule has 0 bridgehead atoms. The predicted molar refractivity (Wildman–Crippen MR) is 123 cm³/mol. The van der Waals surface area contributed by atoms with Crippen molar-refractivity contribution in [3.63, 3.8) is 0 Å². The fourth-order valence-electron chi connectivity index (χ4n) is 3.21. The lowest BCUT2D eigenvalue weighted by Gasteiger charge is -2.19. The van der Waals surface area contributed by atoms with E-state index in [1.807, 2.05) is 32.0 Å². The number of anilines is 1. The molecule has 0 aliphatic carbocycles. The van der Waals surface area contributed by atoms with E-state index < -0.39 is 22.9 Å². The molecule has 1 N–H and O–H groups in total. The average Bonchev–Trinajstić information content (AvgIpc) is 2.80. The van der Waals surface area contributed by atoms with Crippen molar-refractivity contribution < 1.29 is 24.0 Å². The Kier molecular flexibility index (Phi) is 7.40. The number of ether oxygens (including phenoxy) is 2. The Morgan fingerprint density at radius 2 is 1.76 bits per heavy atom. The molecule has 0 aromatic heterocycles. The highest BCUT2D eigenvalue weighted by atomic mass is 16.6. The van der Waals surface area contributed by atoms with Gasteiger partial charge in [0.15, 0.2) is 5.75 Å². The summed E-state index contributed by atoms with van der Waals surface area (Å²) in [4.78, 5) is 36.8. The van der Waals surface area contributed by atoms with E-state index in [9.17, 15) is 19.7 Å². The lowest BCUT2D eigenvalue weighted by Crippen LogP contribution is -2.26. The van der Waals surface area contributed by atoms with E-state index in [4.69, 9.17) is 9.47 Å². The molecule has 1 unspecified atom stereocenters. The first-order valence-corrected chi connectivity index (χ1v) is 10.4. The summed E-state index contributed by atoms with van der Waals surface area (Å²) in [5, 5.41) is 14.2. The van der Waals surface area contributed by atoms with Gasteiger partial charge in [0.05, 0.1) is 17.1 Å². The number of amides is 1. The minimum atomic E-state index is -1.26. The van der Waals surface area contributed by atoms with Crippen molar-refractivity contribution in [2.24, 2.45) is 0 Å². The maximum absolute atomic E-state index is 13.1. The Bertz CT molecular complexity index is 1180. The van der Waals surface area contributed by atoms with Gasteiger partial charge in [0.1, 0.15) is 0 Å². The maximum atomic E-state index is 13.1. The normalized spacial score (nSPS) is 11.4. The summed E-state index contributed by atoms with van der Waals surface area (Å²) < 4.78 is 10.8. The Morgan fingerprint density at radius 1 is 1.03 bits per heavy atom. The van der Waals surface area contributed by atoms with Crippen molar-refractivity contribution in [3.05, 3.63) is 99.1 Å². The molecule has 0 heterocycles. The molecular weight excluding hydrogens is 424 g/mol. The number of benzene rings is 3. The van der Waals surface area contributed by atoms with Crippen LogP contribution in [0.5, 0.6) is 5.75 Å².